The Balaban J connectivity index is 3.43. The van der Waals surface area contributed by atoms with Gasteiger partial charge in [0.25, 0.3) is 0 Å². The summed E-state index contributed by atoms with van der Waals surface area (Å²) in [7, 11) is 0. The minimum absolute atomic E-state index is 0.448. The van der Waals surface area contributed by atoms with Crippen molar-refractivity contribution in [2.24, 2.45) is 5.41 Å². The highest BCUT2D eigenvalue weighted by molar-refractivity contribution is 6.10. The topological polar surface area (TPSA) is 149 Å². The smallest absolute Gasteiger partial charge is 0.336 e. The van der Waals surface area contributed by atoms with Crippen LogP contribution in [0.1, 0.15) is 6.42 Å². The van der Waals surface area contributed by atoms with E-state index in [2.05, 4.69) is 0 Å². The van der Waals surface area contributed by atoms with Gasteiger partial charge in [0, 0.05) is 0 Å². The number of carboxylic acids is 4. The maximum absolute atomic E-state index is 11.0. The molecule has 0 aromatic rings. The molecule has 1 aliphatic carbocycles. The first-order valence-electron chi connectivity index (χ1n) is 4.59. The van der Waals surface area contributed by atoms with E-state index in [1.807, 2.05) is 0 Å². The highest BCUT2D eigenvalue weighted by atomic mass is 16.4. The van der Waals surface area contributed by atoms with Crippen LogP contribution in [0, 0.1) is 5.41 Å². The van der Waals surface area contributed by atoms with Crippen molar-refractivity contribution < 1.29 is 39.6 Å². The summed E-state index contributed by atoms with van der Waals surface area (Å²) >= 11 is 0. The van der Waals surface area contributed by atoms with Crippen molar-refractivity contribution in [3.63, 3.8) is 0 Å². The van der Waals surface area contributed by atoms with Crippen LogP contribution < -0.4 is 0 Å². The summed E-state index contributed by atoms with van der Waals surface area (Å²) < 4.78 is 0. The highest BCUT2D eigenvalue weighted by Gasteiger charge is 2.47. The quantitative estimate of drug-likeness (QED) is 0.495. The van der Waals surface area contributed by atoms with Crippen LogP contribution >= 0.6 is 0 Å². The molecule has 0 radical (unpaired) electrons. The fourth-order valence-electron chi connectivity index (χ4n) is 1.53. The van der Waals surface area contributed by atoms with Crippen molar-refractivity contribution >= 4 is 23.9 Å². The lowest BCUT2D eigenvalue weighted by molar-refractivity contribution is -0.160. The van der Waals surface area contributed by atoms with Crippen LogP contribution in [-0.4, -0.2) is 44.3 Å². The van der Waals surface area contributed by atoms with Gasteiger partial charge in [-0.05, 0) is 12.5 Å². The van der Waals surface area contributed by atoms with Crippen molar-refractivity contribution in [2.45, 2.75) is 6.42 Å². The van der Waals surface area contributed by atoms with Gasteiger partial charge in [0.2, 0.25) is 0 Å². The molecule has 0 aromatic carbocycles. The van der Waals surface area contributed by atoms with Gasteiger partial charge in [0.05, 0.1) is 11.1 Å². The van der Waals surface area contributed by atoms with Gasteiger partial charge in [-0.1, -0.05) is 6.08 Å². The molecule has 96 valence electrons. The molecule has 8 nitrogen and oxygen atoms in total. The van der Waals surface area contributed by atoms with E-state index < -0.39 is 46.9 Å². The van der Waals surface area contributed by atoms with Gasteiger partial charge in [-0.2, -0.15) is 0 Å². The lowest BCUT2D eigenvalue weighted by Gasteiger charge is -2.24. The molecule has 0 saturated carbocycles. The summed E-state index contributed by atoms with van der Waals surface area (Å²) in [5, 5.41) is 35.3. The first-order valence-corrected chi connectivity index (χ1v) is 4.59. The summed E-state index contributed by atoms with van der Waals surface area (Å²) in [5.41, 5.74) is -3.92. The molecule has 0 heterocycles. The Hall–Kier alpha value is -2.64. The molecule has 1 rings (SSSR count). The zero-order chi connectivity index (χ0) is 14.1. The molecular weight excluding hydrogens is 248 g/mol. The SMILES string of the molecule is O=C(O)C1=CCC(C(=O)O)(C(=O)O)C=C1C(=O)O. The predicted molar refractivity (Wildman–Crippen MR) is 53.8 cm³/mol. The van der Waals surface area contributed by atoms with E-state index in [9.17, 15) is 19.2 Å². The first-order chi connectivity index (χ1) is 8.22. The Morgan fingerprint density at radius 2 is 1.33 bits per heavy atom. The van der Waals surface area contributed by atoms with Crippen LogP contribution in [-0.2, 0) is 19.2 Å². The average Bonchev–Trinajstić information content (AvgIpc) is 2.27. The minimum Gasteiger partial charge on any atom is -0.480 e. The fourth-order valence-corrected chi connectivity index (χ4v) is 1.53. The fraction of sp³-hybridized carbons (Fsp3) is 0.200. The molecule has 0 aliphatic heterocycles. The third-order valence-electron chi connectivity index (χ3n) is 2.53. The van der Waals surface area contributed by atoms with Crippen LogP contribution in [0.25, 0.3) is 0 Å². The standard InChI is InChI=1S/C10H8O8/c11-6(12)4-1-2-10(8(15)16,9(17)18)3-5(4)7(13)14/h1,3H,2H2,(H,11,12)(H,13,14)(H,15,16)(H,17,18). The Bertz CT molecular complexity index is 496. The van der Waals surface area contributed by atoms with Crippen LogP contribution in [0.5, 0.6) is 0 Å². The van der Waals surface area contributed by atoms with E-state index in [1.54, 1.807) is 0 Å². The van der Waals surface area contributed by atoms with Gasteiger partial charge in [-0.3, -0.25) is 9.59 Å². The van der Waals surface area contributed by atoms with Crippen molar-refractivity contribution in [3.05, 3.63) is 23.3 Å². The largest absolute Gasteiger partial charge is 0.480 e. The van der Waals surface area contributed by atoms with E-state index in [1.165, 1.54) is 0 Å². The molecule has 0 aromatic heterocycles. The lowest BCUT2D eigenvalue weighted by atomic mass is 9.77. The molecule has 0 unspecified atom stereocenters. The van der Waals surface area contributed by atoms with Gasteiger partial charge in [0.15, 0.2) is 5.41 Å². The van der Waals surface area contributed by atoms with Crippen molar-refractivity contribution in [3.8, 4) is 0 Å². The molecule has 0 amide bonds. The predicted octanol–water partition coefficient (Wildman–Crippen LogP) is -0.432. The third-order valence-corrected chi connectivity index (χ3v) is 2.53. The van der Waals surface area contributed by atoms with Gasteiger partial charge in [-0.15, -0.1) is 0 Å². The number of hydrogen-bond acceptors (Lipinski definition) is 4. The van der Waals surface area contributed by atoms with Crippen molar-refractivity contribution in [2.75, 3.05) is 0 Å². The second-order valence-corrected chi connectivity index (χ2v) is 3.57. The zero-order valence-corrected chi connectivity index (χ0v) is 8.78. The van der Waals surface area contributed by atoms with Crippen LogP contribution in [0.3, 0.4) is 0 Å². The zero-order valence-electron chi connectivity index (χ0n) is 8.78. The average molecular weight is 256 g/mol. The maximum Gasteiger partial charge on any atom is 0.336 e. The Kier molecular flexibility index (Phi) is 3.22. The molecule has 0 spiro atoms. The number of aliphatic carboxylic acids is 4. The molecule has 0 saturated heterocycles. The Morgan fingerprint density at radius 1 is 0.889 bits per heavy atom. The third kappa shape index (κ3) is 1.95. The first kappa shape index (κ1) is 13.4. The van der Waals surface area contributed by atoms with Crippen LogP contribution in [0.15, 0.2) is 23.3 Å². The maximum atomic E-state index is 11.0. The van der Waals surface area contributed by atoms with E-state index in [4.69, 9.17) is 20.4 Å². The lowest BCUT2D eigenvalue weighted by Crippen LogP contribution is -2.40. The number of allylic oxidation sites excluding steroid dienone is 1. The van der Waals surface area contributed by atoms with E-state index in [-0.39, 0.29) is 0 Å². The summed E-state index contributed by atoms with van der Waals surface area (Å²) in [6, 6.07) is 0. The number of carbonyl (C=O) groups is 4. The molecule has 0 atom stereocenters. The van der Waals surface area contributed by atoms with E-state index >= 15 is 0 Å². The van der Waals surface area contributed by atoms with Gasteiger partial charge >= 0.3 is 23.9 Å². The monoisotopic (exact) mass is 256 g/mol. The van der Waals surface area contributed by atoms with Crippen molar-refractivity contribution in [1.29, 1.82) is 0 Å². The highest BCUT2D eigenvalue weighted by Crippen LogP contribution is 2.34. The second kappa shape index (κ2) is 4.32. The molecular formula is C10H8O8. The molecule has 18 heavy (non-hydrogen) atoms. The van der Waals surface area contributed by atoms with E-state index in [0.717, 1.165) is 6.08 Å². The summed E-state index contributed by atoms with van der Waals surface area (Å²) in [6.45, 7) is 0. The molecule has 4 N–H and O–H groups in total. The number of carboxylic acid groups (broad SMARTS) is 4. The van der Waals surface area contributed by atoms with Crippen molar-refractivity contribution in [1.82, 2.24) is 0 Å². The van der Waals surface area contributed by atoms with Gasteiger partial charge in [-0.25, -0.2) is 9.59 Å². The van der Waals surface area contributed by atoms with E-state index in [0.29, 0.717) is 6.08 Å². The molecule has 1 aliphatic rings. The molecule has 8 heteroatoms. The second-order valence-electron chi connectivity index (χ2n) is 3.57. The minimum atomic E-state index is -2.45. The summed E-state index contributed by atoms with van der Waals surface area (Å²) in [5.74, 6) is -6.77. The Labute approximate surface area is 99.5 Å². The van der Waals surface area contributed by atoms with Gasteiger partial charge < -0.3 is 20.4 Å². The Morgan fingerprint density at radius 3 is 1.67 bits per heavy atom. The number of rotatable bonds is 4. The number of hydrogen-bond donors (Lipinski definition) is 4. The van der Waals surface area contributed by atoms with Crippen LogP contribution in [0.2, 0.25) is 0 Å². The van der Waals surface area contributed by atoms with Crippen LogP contribution in [0.4, 0.5) is 0 Å². The van der Waals surface area contributed by atoms with Gasteiger partial charge in [0.1, 0.15) is 0 Å². The molecule has 0 bridgehead atoms. The summed E-state index contributed by atoms with van der Waals surface area (Å²) in [6.07, 6.45) is 0.605. The normalized spacial score (nSPS) is 17.3. The summed E-state index contributed by atoms with van der Waals surface area (Å²) in [4.78, 5) is 43.5. The molecule has 0 fully saturated rings.